The van der Waals surface area contributed by atoms with Crippen molar-refractivity contribution in [2.45, 2.75) is 40.3 Å². The molecular weight excluding hydrogens is 316 g/mol. The molecule has 2 N–H and O–H groups in total. The summed E-state index contributed by atoms with van der Waals surface area (Å²) in [6.45, 7) is 7.96. The number of rotatable bonds is 6. The first-order chi connectivity index (χ1) is 12.2. The molecule has 0 aliphatic heterocycles. The van der Waals surface area contributed by atoms with Crippen LogP contribution in [0.1, 0.15) is 36.6 Å². The second kappa shape index (κ2) is 7.88. The second-order valence-corrected chi connectivity index (χ2v) is 5.83. The van der Waals surface area contributed by atoms with Crippen LogP contribution < -0.4 is 10.6 Å². The lowest BCUT2D eigenvalue weighted by molar-refractivity contribution is 0.379. The van der Waals surface area contributed by atoms with Crippen molar-refractivity contribution in [3.8, 4) is 0 Å². The van der Waals surface area contributed by atoms with Crippen molar-refractivity contribution in [1.29, 1.82) is 0 Å². The van der Waals surface area contributed by atoms with E-state index >= 15 is 0 Å². The fourth-order valence-corrected chi connectivity index (χ4v) is 2.65. The summed E-state index contributed by atoms with van der Waals surface area (Å²) in [4.78, 5) is 4.55. The fraction of sp³-hybridized carbons (Fsp3) is 0.368. The van der Waals surface area contributed by atoms with Gasteiger partial charge in [-0.3, -0.25) is 0 Å². The molecule has 0 bridgehead atoms. The number of hydrogen-bond donors (Lipinski definition) is 2. The lowest BCUT2D eigenvalue weighted by atomic mass is 10.1. The van der Waals surface area contributed by atoms with Gasteiger partial charge in [-0.25, -0.2) is 4.99 Å². The number of hydrogen-bond acceptors (Lipinski definition) is 4. The molecule has 3 aromatic rings. The average Bonchev–Trinajstić information content (AvgIpc) is 3.22. The molecule has 0 amide bonds. The van der Waals surface area contributed by atoms with E-state index < -0.39 is 0 Å². The number of nitrogens with zero attached hydrogens (tertiary/aromatic N) is 2. The van der Waals surface area contributed by atoms with Gasteiger partial charge in [-0.15, -0.1) is 0 Å². The number of aryl methyl sites for hydroxylation is 2. The first-order valence-corrected chi connectivity index (χ1v) is 8.65. The molecule has 0 atom stereocenters. The third-order valence-electron chi connectivity index (χ3n) is 4.07. The van der Waals surface area contributed by atoms with E-state index in [1.165, 1.54) is 0 Å². The summed E-state index contributed by atoms with van der Waals surface area (Å²) in [6, 6.07) is 10.0. The summed E-state index contributed by atoms with van der Waals surface area (Å²) in [7, 11) is 0. The molecule has 0 fully saturated rings. The Bertz CT molecular complexity index is 863. The van der Waals surface area contributed by atoms with Crippen LogP contribution in [0.3, 0.4) is 0 Å². The molecule has 132 valence electrons. The molecule has 2 aromatic heterocycles. The average molecular weight is 340 g/mol. The highest BCUT2D eigenvalue weighted by Crippen LogP contribution is 2.24. The van der Waals surface area contributed by atoms with Crippen LogP contribution in [0.4, 0.5) is 0 Å². The van der Waals surface area contributed by atoms with Crippen LogP contribution in [0, 0.1) is 6.92 Å². The van der Waals surface area contributed by atoms with Crippen LogP contribution in [0.5, 0.6) is 0 Å². The number of aromatic nitrogens is 1. The minimum Gasteiger partial charge on any atom is -0.459 e. The minimum atomic E-state index is 0.446. The first-order valence-electron chi connectivity index (χ1n) is 8.65. The van der Waals surface area contributed by atoms with Crippen molar-refractivity contribution < 1.29 is 8.94 Å². The zero-order valence-corrected chi connectivity index (χ0v) is 14.9. The molecule has 6 nitrogen and oxygen atoms in total. The third-order valence-corrected chi connectivity index (χ3v) is 4.07. The van der Waals surface area contributed by atoms with Gasteiger partial charge in [-0.2, -0.15) is 0 Å². The lowest BCUT2D eigenvalue weighted by Crippen LogP contribution is -2.36. The van der Waals surface area contributed by atoms with Gasteiger partial charge in [-0.1, -0.05) is 30.3 Å². The van der Waals surface area contributed by atoms with E-state index in [-0.39, 0.29) is 0 Å². The largest absolute Gasteiger partial charge is 0.459 e. The van der Waals surface area contributed by atoms with E-state index in [1.54, 1.807) is 0 Å². The summed E-state index contributed by atoms with van der Waals surface area (Å²) >= 11 is 0. The van der Waals surface area contributed by atoms with E-state index in [0.717, 1.165) is 52.7 Å². The third kappa shape index (κ3) is 4.02. The number of benzene rings is 1. The molecule has 0 unspecified atom stereocenters. The number of fused-ring (bicyclic) bond motifs is 1. The Hall–Kier alpha value is -2.76. The highest BCUT2D eigenvalue weighted by Gasteiger charge is 2.10. The van der Waals surface area contributed by atoms with Gasteiger partial charge in [0.1, 0.15) is 17.9 Å². The van der Waals surface area contributed by atoms with E-state index in [0.29, 0.717) is 13.1 Å². The minimum absolute atomic E-state index is 0.446. The molecule has 0 aliphatic carbocycles. The van der Waals surface area contributed by atoms with Crippen molar-refractivity contribution >= 4 is 16.9 Å². The molecule has 1 aromatic carbocycles. The lowest BCUT2D eigenvalue weighted by Gasteiger charge is -2.10. The maximum atomic E-state index is 5.93. The zero-order valence-electron chi connectivity index (χ0n) is 14.9. The SMILES string of the molecule is CCNC(=NCc1cc(CC)no1)NCc1oc2ccccc2c1C. The van der Waals surface area contributed by atoms with E-state index in [1.807, 2.05) is 38.1 Å². The quantitative estimate of drug-likeness (QED) is 0.530. The van der Waals surface area contributed by atoms with Crippen molar-refractivity contribution in [2.24, 2.45) is 4.99 Å². The monoisotopic (exact) mass is 340 g/mol. The van der Waals surface area contributed by atoms with Crippen LogP contribution in [-0.2, 0) is 19.5 Å². The van der Waals surface area contributed by atoms with Crippen LogP contribution in [0.15, 0.2) is 44.3 Å². The van der Waals surface area contributed by atoms with Crippen LogP contribution >= 0.6 is 0 Å². The van der Waals surface area contributed by atoms with Gasteiger partial charge in [0.25, 0.3) is 0 Å². The zero-order chi connectivity index (χ0) is 17.6. The molecular formula is C19H24N4O2. The normalized spacial score (nSPS) is 11.9. The van der Waals surface area contributed by atoms with Crippen molar-refractivity contribution in [3.05, 3.63) is 53.1 Å². The highest BCUT2D eigenvalue weighted by molar-refractivity contribution is 5.82. The summed E-state index contributed by atoms with van der Waals surface area (Å²) < 4.78 is 11.2. The molecule has 0 aliphatic rings. The predicted octanol–water partition coefficient (Wildman–Crippen LogP) is 3.55. The smallest absolute Gasteiger partial charge is 0.192 e. The standard InChI is InChI=1S/C19H24N4O2/c1-4-14-10-15(25-23-14)11-21-19(20-5-2)22-12-18-13(3)16-8-6-7-9-17(16)24-18/h6-10H,4-5,11-12H2,1-3H3,(H2,20,21,22). The summed E-state index contributed by atoms with van der Waals surface area (Å²) in [6.07, 6.45) is 0.858. The number of nitrogens with one attached hydrogen (secondary N) is 2. The summed E-state index contributed by atoms with van der Waals surface area (Å²) in [5.41, 5.74) is 3.01. The van der Waals surface area contributed by atoms with Gasteiger partial charge in [0.05, 0.1) is 12.2 Å². The molecule has 0 radical (unpaired) electrons. The Balaban J connectivity index is 1.68. The van der Waals surface area contributed by atoms with Gasteiger partial charge >= 0.3 is 0 Å². The summed E-state index contributed by atoms with van der Waals surface area (Å²) in [5.74, 6) is 2.39. The maximum Gasteiger partial charge on any atom is 0.192 e. The fourth-order valence-electron chi connectivity index (χ4n) is 2.65. The van der Waals surface area contributed by atoms with Gasteiger partial charge in [0, 0.05) is 23.6 Å². The number of para-hydroxylation sites is 1. The number of furan rings is 1. The maximum absolute atomic E-state index is 5.93. The van der Waals surface area contributed by atoms with Crippen LogP contribution in [0.2, 0.25) is 0 Å². The molecule has 2 heterocycles. The Morgan fingerprint density at radius 1 is 1.20 bits per heavy atom. The Kier molecular flexibility index (Phi) is 5.38. The van der Waals surface area contributed by atoms with Gasteiger partial charge < -0.3 is 19.6 Å². The van der Waals surface area contributed by atoms with Crippen LogP contribution in [-0.4, -0.2) is 17.7 Å². The molecule has 0 saturated carbocycles. The number of aliphatic imine (C=N–C) groups is 1. The molecule has 0 saturated heterocycles. The van der Waals surface area contributed by atoms with Crippen molar-refractivity contribution in [3.63, 3.8) is 0 Å². The van der Waals surface area contributed by atoms with Crippen LogP contribution in [0.25, 0.3) is 11.0 Å². The number of guanidine groups is 1. The molecule has 6 heteroatoms. The van der Waals surface area contributed by atoms with E-state index in [9.17, 15) is 0 Å². The molecule has 0 spiro atoms. The van der Waals surface area contributed by atoms with Gasteiger partial charge in [0.15, 0.2) is 11.7 Å². The van der Waals surface area contributed by atoms with E-state index in [2.05, 4.69) is 33.8 Å². The first kappa shape index (κ1) is 17.1. The molecule has 3 rings (SSSR count). The Morgan fingerprint density at radius 2 is 2.04 bits per heavy atom. The Morgan fingerprint density at radius 3 is 2.76 bits per heavy atom. The Labute approximate surface area is 147 Å². The van der Waals surface area contributed by atoms with Gasteiger partial charge in [-0.05, 0) is 26.3 Å². The second-order valence-electron chi connectivity index (χ2n) is 5.83. The van der Waals surface area contributed by atoms with E-state index in [4.69, 9.17) is 8.94 Å². The summed E-state index contributed by atoms with van der Waals surface area (Å²) in [5, 5.41) is 11.7. The topological polar surface area (TPSA) is 75.6 Å². The molecule has 25 heavy (non-hydrogen) atoms. The van der Waals surface area contributed by atoms with Crippen molar-refractivity contribution in [2.75, 3.05) is 6.54 Å². The highest BCUT2D eigenvalue weighted by atomic mass is 16.5. The predicted molar refractivity (Wildman–Crippen MR) is 98.5 cm³/mol. The van der Waals surface area contributed by atoms with Crippen molar-refractivity contribution in [1.82, 2.24) is 15.8 Å². The van der Waals surface area contributed by atoms with Gasteiger partial charge in [0.2, 0.25) is 0 Å².